The second-order valence-electron chi connectivity index (χ2n) is 3.65. The normalized spacial score (nSPS) is 25.8. The Bertz CT molecular complexity index is 358. The van der Waals surface area contributed by atoms with E-state index in [1.54, 1.807) is 0 Å². The van der Waals surface area contributed by atoms with E-state index in [4.69, 9.17) is 11.6 Å². The number of thioether (sulfide) groups is 1. The second-order valence-corrected chi connectivity index (χ2v) is 6.08. The summed E-state index contributed by atoms with van der Waals surface area (Å²) >= 11 is 11.5. The molecule has 2 atom stereocenters. The minimum atomic E-state index is 0.378. The topological polar surface area (TPSA) is 12.0 Å². The van der Waals surface area contributed by atoms with Gasteiger partial charge in [0.25, 0.3) is 0 Å². The Morgan fingerprint density at radius 2 is 2.40 bits per heavy atom. The molecule has 1 aliphatic rings. The highest BCUT2D eigenvalue weighted by Crippen LogP contribution is 2.38. The van der Waals surface area contributed by atoms with E-state index in [-0.39, 0.29) is 0 Å². The van der Waals surface area contributed by atoms with Gasteiger partial charge in [0, 0.05) is 21.3 Å². The Morgan fingerprint density at radius 3 is 3.07 bits per heavy atom. The molecule has 1 N–H and O–H groups in total. The molecule has 0 amide bonds. The zero-order valence-corrected chi connectivity index (χ0v) is 11.6. The number of hydrogen-bond donors (Lipinski definition) is 1. The Balaban J connectivity index is 2.19. The lowest BCUT2D eigenvalue weighted by Gasteiger charge is -2.14. The van der Waals surface area contributed by atoms with Crippen LogP contribution in [-0.4, -0.2) is 11.8 Å². The molecule has 0 bridgehead atoms. The molecule has 4 heteroatoms. The maximum absolute atomic E-state index is 6.01. The van der Waals surface area contributed by atoms with Gasteiger partial charge in [-0.05, 0) is 30.2 Å². The van der Waals surface area contributed by atoms with Crippen LogP contribution in [0.15, 0.2) is 22.7 Å². The van der Waals surface area contributed by atoms with E-state index in [1.165, 1.54) is 17.7 Å². The van der Waals surface area contributed by atoms with Crippen LogP contribution in [0.1, 0.15) is 24.3 Å². The van der Waals surface area contributed by atoms with Crippen molar-refractivity contribution < 1.29 is 0 Å². The summed E-state index contributed by atoms with van der Waals surface area (Å²) in [5.74, 6) is 1.18. The summed E-state index contributed by atoms with van der Waals surface area (Å²) in [6, 6.07) is 6.59. The van der Waals surface area contributed by atoms with Gasteiger partial charge in [-0.3, -0.25) is 5.32 Å². The van der Waals surface area contributed by atoms with Crippen molar-refractivity contribution in [2.45, 2.75) is 24.8 Å². The predicted molar refractivity (Wildman–Crippen MR) is 71.6 cm³/mol. The SMILES string of the molecule is CCC1CSC(c2cc(Cl)ccc2Br)N1. The van der Waals surface area contributed by atoms with E-state index in [0.717, 1.165) is 9.50 Å². The summed E-state index contributed by atoms with van der Waals surface area (Å²) in [6.45, 7) is 2.22. The Hall–Kier alpha value is 0.300. The van der Waals surface area contributed by atoms with Crippen molar-refractivity contribution in [2.24, 2.45) is 0 Å². The van der Waals surface area contributed by atoms with Gasteiger partial charge in [-0.15, -0.1) is 11.8 Å². The Kier molecular flexibility index (Phi) is 3.99. The Labute approximate surface area is 108 Å². The molecule has 0 saturated carbocycles. The van der Waals surface area contributed by atoms with Crippen molar-refractivity contribution in [2.75, 3.05) is 5.75 Å². The van der Waals surface area contributed by atoms with Crippen LogP contribution in [0.2, 0.25) is 5.02 Å². The van der Waals surface area contributed by atoms with Crippen LogP contribution < -0.4 is 5.32 Å². The first-order chi connectivity index (χ1) is 7.20. The van der Waals surface area contributed by atoms with Crippen LogP contribution in [0.25, 0.3) is 0 Å². The van der Waals surface area contributed by atoms with E-state index in [2.05, 4.69) is 28.2 Å². The van der Waals surface area contributed by atoms with E-state index < -0.39 is 0 Å². The largest absolute Gasteiger partial charge is 0.298 e. The third kappa shape index (κ3) is 2.70. The fraction of sp³-hybridized carbons (Fsp3) is 0.455. The highest BCUT2D eigenvalue weighted by Gasteiger charge is 2.25. The van der Waals surface area contributed by atoms with E-state index in [9.17, 15) is 0 Å². The molecule has 82 valence electrons. The summed E-state index contributed by atoms with van der Waals surface area (Å²) in [7, 11) is 0. The van der Waals surface area contributed by atoms with Gasteiger partial charge in [0.2, 0.25) is 0 Å². The van der Waals surface area contributed by atoms with Gasteiger partial charge in [0.1, 0.15) is 0 Å². The molecule has 1 nitrogen and oxygen atoms in total. The summed E-state index contributed by atoms with van der Waals surface area (Å²) in [4.78, 5) is 0. The molecule has 1 saturated heterocycles. The van der Waals surface area contributed by atoms with Gasteiger partial charge in [-0.25, -0.2) is 0 Å². The van der Waals surface area contributed by atoms with Crippen molar-refractivity contribution in [1.29, 1.82) is 0 Å². The zero-order valence-electron chi connectivity index (χ0n) is 8.47. The maximum Gasteiger partial charge on any atom is 0.0803 e. The van der Waals surface area contributed by atoms with E-state index >= 15 is 0 Å². The highest BCUT2D eigenvalue weighted by molar-refractivity contribution is 9.10. The molecule has 0 spiro atoms. The van der Waals surface area contributed by atoms with Gasteiger partial charge >= 0.3 is 0 Å². The summed E-state index contributed by atoms with van der Waals surface area (Å²) < 4.78 is 1.13. The lowest BCUT2D eigenvalue weighted by Crippen LogP contribution is -2.24. The van der Waals surface area contributed by atoms with Crippen molar-refractivity contribution in [3.63, 3.8) is 0 Å². The molecular weight excluding hydrogens is 294 g/mol. The highest BCUT2D eigenvalue weighted by atomic mass is 79.9. The molecule has 1 aromatic rings. The van der Waals surface area contributed by atoms with Gasteiger partial charge in [-0.1, -0.05) is 34.5 Å². The minimum Gasteiger partial charge on any atom is -0.298 e. The average Bonchev–Trinajstić information content (AvgIpc) is 2.70. The molecule has 2 rings (SSSR count). The molecule has 0 aliphatic carbocycles. The molecule has 1 aliphatic heterocycles. The van der Waals surface area contributed by atoms with E-state index in [0.29, 0.717) is 11.4 Å². The van der Waals surface area contributed by atoms with Crippen LogP contribution >= 0.6 is 39.3 Å². The maximum atomic E-state index is 6.01. The second kappa shape index (κ2) is 5.09. The summed E-state index contributed by atoms with van der Waals surface area (Å²) in [6.07, 6.45) is 1.18. The zero-order chi connectivity index (χ0) is 10.8. The van der Waals surface area contributed by atoms with Crippen molar-refractivity contribution in [1.82, 2.24) is 5.32 Å². The van der Waals surface area contributed by atoms with Crippen LogP contribution in [-0.2, 0) is 0 Å². The molecule has 2 unspecified atom stereocenters. The fourth-order valence-corrected chi connectivity index (χ4v) is 3.88. The first kappa shape index (κ1) is 11.8. The number of nitrogens with one attached hydrogen (secondary N) is 1. The van der Waals surface area contributed by atoms with Crippen molar-refractivity contribution >= 4 is 39.3 Å². The molecule has 0 radical (unpaired) electrons. The first-order valence-electron chi connectivity index (χ1n) is 5.03. The quantitative estimate of drug-likeness (QED) is 0.878. The monoisotopic (exact) mass is 305 g/mol. The Morgan fingerprint density at radius 1 is 1.60 bits per heavy atom. The summed E-state index contributed by atoms with van der Waals surface area (Å²) in [5.41, 5.74) is 1.25. The number of halogens is 2. The van der Waals surface area contributed by atoms with Gasteiger partial charge in [0.05, 0.1) is 5.37 Å². The molecular formula is C11H13BrClNS. The molecule has 0 aromatic heterocycles. The van der Waals surface area contributed by atoms with Crippen molar-refractivity contribution in [3.8, 4) is 0 Å². The van der Waals surface area contributed by atoms with Crippen LogP contribution in [0.3, 0.4) is 0 Å². The third-order valence-electron chi connectivity index (χ3n) is 2.58. The average molecular weight is 307 g/mol. The third-order valence-corrected chi connectivity index (χ3v) is 4.86. The number of benzene rings is 1. The molecule has 1 fully saturated rings. The lowest BCUT2D eigenvalue weighted by molar-refractivity contribution is 0.560. The molecule has 1 heterocycles. The molecule has 15 heavy (non-hydrogen) atoms. The summed E-state index contributed by atoms with van der Waals surface area (Å²) in [5, 5.41) is 4.78. The van der Waals surface area contributed by atoms with Crippen LogP contribution in [0.4, 0.5) is 0 Å². The van der Waals surface area contributed by atoms with Crippen molar-refractivity contribution in [3.05, 3.63) is 33.3 Å². The minimum absolute atomic E-state index is 0.378. The number of rotatable bonds is 2. The van der Waals surface area contributed by atoms with E-state index in [1.807, 2.05) is 30.0 Å². The smallest absolute Gasteiger partial charge is 0.0803 e. The fourth-order valence-electron chi connectivity index (χ4n) is 1.65. The van der Waals surface area contributed by atoms with Gasteiger partial charge < -0.3 is 0 Å². The van der Waals surface area contributed by atoms with Gasteiger partial charge in [-0.2, -0.15) is 0 Å². The predicted octanol–water partition coefficient (Wildman–Crippen LogP) is 4.22. The van der Waals surface area contributed by atoms with Gasteiger partial charge in [0.15, 0.2) is 0 Å². The van der Waals surface area contributed by atoms with Crippen LogP contribution in [0.5, 0.6) is 0 Å². The molecule has 1 aromatic carbocycles. The number of hydrogen-bond acceptors (Lipinski definition) is 2. The lowest BCUT2D eigenvalue weighted by atomic mass is 10.2. The first-order valence-corrected chi connectivity index (χ1v) is 7.25. The standard InChI is InChI=1S/C11H13BrClNS/c1-2-8-6-15-11(14-8)9-5-7(13)3-4-10(9)12/h3-5,8,11,14H,2,6H2,1H3. The van der Waals surface area contributed by atoms with Crippen LogP contribution in [0, 0.1) is 0 Å².